The lowest BCUT2D eigenvalue weighted by Gasteiger charge is -2.27. The molecule has 0 bridgehead atoms. The molecule has 1 aliphatic heterocycles. The van der Waals surface area contributed by atoms with Crippen LogP contribution in [0.2, 0.25) is 0 Å². The summed E-state index contributed by atoms with van der Waals surface area (Å²) >= 11 is 0. The van der Waals surface area contributed by atoms with E-state index in [9.17, 15) is 14.7 Å². The van der Waals surface area contributed by atoms with E-state index >= 15 is 0 Å². The minimum Gasteiger partial charge on any atom is -0.481 e. The van der Waals surface area contributed by atoms with Gasteiger partial charge in [0.25, 0.3) is 0 Å². The number of nitrogens with zero attached hydrogens (tertiary/aromatic N) is 2. The van der Waals surface area contributed by atoms with Gasteiger partial charge in [-0.2, -0.15) is 0 Å². The Kier molecular flexibility index (Phi) is 6.86. The fraction of sp³-hybridized carbons (Fsp3) is 0.846. The van der Waals surface area contributed by atoms with Gasteiger partial charge in [0.15, 0.2) is 0 Å². The van der Waals surface area contributed by atoms with E-state index in [-0.39, 0.29) is 25.0 Å². The van der Waals surface area contributed by atoms with Gasteiger partial charge in [0.05, 0.1) is 18.6 Å². The molecule has 21 heavy (non-hydrogen) atoms. The van der Waals surface area contributed by atoms with E-state index in [4.69, 9.17) is 9.84 Å². The molecule has 3 atom stereocenters. The summed E-state index contributed by atoms with van der Waals surface area (Å²) < 4.78 is 5.02. The molecule has 1 rings (SSSR count). The summed E-state index contributed by atoms with van der Waals surface area (Å²) in [5, 5.41) is 21.1. The topological polar surface area (TPSA) is 102 Å². The zero-order valence-corrected chi connectivity index (χ0v) is 12.8. The molecular formula is C13H25N3O5. The van der Waals surface area contributed by atoms with E-state index in [0.29, 0.717) is 19.5 Å². The first-order valence-corrected chi connectivity index (χ1v) is 6.95. The average Bonchev–Trinajstić information content (AvgIpc) is 2.73. The molecule has 1 aliphatic rings. The van der Waals surface area contributed by atoms with Crippen molar-refractivity contribution in [2.75, 3.05) is 40.8 Å². The lowest BCUT2D eigenvalue weighted by molar-refractivity contribution is -0.139. The summed E-state index contributed by atoms with van der Waals surface area (Å²) in [5.41, 5.74) is 0. The van der Waals surface area contributed by atoms with Crippen molar-refractivity contribution in [3.05, 3.63) is 0 Å². The van der Waals surface area contributed by atoms with Crippen molar-refractivity contribution in [2.24, 2.45) is 0 Å². The molecule has 2 amide bonds. The van der Waals surface area contributed by atoms with E-state index in [0.717, 1.165) is 0 Å². The minimum absolute atomic E-state index is 0.0459. The number of carbonyl (C=O) groups is 2. The fourth-order valence-electron chi connectivity index (χ4n) is 2.47. The van der Waals surface area contributed by atoms with Crippen LogP contribution >= 0.6 is 0 Å². The number of ether oxygens (including phenoxy) is 1. The summed E-state index contributed by atoms with van der Waals surface area (Å²) in [6.07, 6.45) is -0.696. The molecule has 8 heteroatoms. The minimum atomic E-state index is -0.974. The van der Waals surface area contributed by atoms with E-state index in [1.54, 1.807) is 4.90 Å². The Morgan fingerprint density at radius 1 is 1.48 bits per heavy atom. The number of likely N-dealkylation sites (tertiary alicyclic amines) is 1. The third kappa shape index (κ3) is 5.86. The lowest BCUT2D eigenvalue weighted by atomic mass is 10.2. The maximum Gasteiger partial charge on any atom is 0.317 e. The molecule has 0 aromatic carbocycles. The van der Waals surface area contributed by atoms with Crippen LogP contribution < -0.4 is 5.32 Å². The summed E-state index contributed by atoms with van der Waals surface area (Å²) in [6.45, 7) is 1.09. The maximum atomic E-state index is 12.2. The van der Waals surface area contributed by atoms with Gasteiger partial charge in [-0.05, 0) is 20.5 Å². The summed E-state index contributed by atoms with van der Waals surface area (Å²) in [5.74, 6) is -0.974. The predicted octanol–water partition coefficient (Wildman–Crippen LogP) is -0.817. The molecule has 0 radical (unpaired) electrons. The van der Waals surface area contributed by atoms with Crippen LogP contribution in [0.15, 0.2) is 0 Å². The zero-order chi connectivity index (χ0) is 16.0. The van der Waals surface area contributed by atoms with E-state index in [2.05, 4.69) is 5.32 Å². The fourth-order valence-corrected chi connectivity index (χ4v) is 2.47. The van der Waals surface area contributed by atoms with Crippen molar-refractivity contribution in [3.8, 4) is 0 Å². The van der Waals surface area contributed by atoms with Crippen molar-refractivity contribution >= 4 is 12.0 Å². The van der Waals surface area contributed by atoms with Gasteiger partial charge < -0.3 is 30.1 Å². The van der Waals surface area contributed by atoms with Gasteiger partial charge >= 0.3 is 12.0 Å². The summed E-state index contributed by atoms with van der Waals surface area (Å²) in [7, 11) is 5.23. The second-order valence-corrected chi connectivity index (χ2v) is 5.60. The van der Waals surface area contributed by atoms with Gasteiger partial charge in [-0.3, -0.25) is 4.79 Å². The Morgan fingerprint density at radius 3 is 2.67 bits per heavy atom. The standard InChI is InChI=1S/C13H25N3O5/c1-15(2)7-9-4-10(17)8-16(9)13(20)14-6-11(21-3)5-12(18)19/h9-11,17H,4-8H2,1-3H3,(H,14,20)(H,18,19). The smallest absolute Gasteiger partial charge is 0.317 e. The van der Waals surface area contributed by atoms with Gasteiger partial charge in [-0.25, -0.2) is 4.79 Å². The number of rotatable bonds is 7. The third-order valence-corrected chi connectivity index (χ3v) is 3.45. The van der Waals surface area contributed by atoms with Gasteiger partial charge in [0.2, 0.25) is 0 Å². The molecule has 0 spiro atoms. The number of likely N-dealkylation sites (N-methyl/N-ethyl adjacent to an activating group) is 1. The molecule has 0 aromatic rings. The van der Waals surface area contributed by atoms with Gasteiger partial charge in [-0.15, -0.1) is 0 Å². The summed E-state index contributed by atoms with van der Waals surface area (Å²) in [4.78, 5) is 26.4. The lowest BCUT2D eigenvalue weighted by Crippen LogP contribution is -2.48. The Morgan fingerprint density at radius 2 is 2.14 bits per heavy atom. The first kappa shape index (κ1) is 17.7. The van der Waals surface area contributed by atoms with Crippen LogP contribution in [-0.4, -0.2) is 91.1 Å². The highest BCUT2D eigenvalue weighted by atomic mass is 16.5. The Bertz CT molecular complexity index is 364. The first-order valence-electron chi connectivity index (χ1n) is 6.95. The molecule has 1 fully saturated rings. The van der Waals surface area contributed by atoms with Gasteiger partial charge in [0, 0.05) is 32.8 Å². The number of aliphatic hydroxyl groups excluding tert-OH is 1. The van der Waals surface area contributed by atoms with Crippen LogP contribution in [0.3, 0.4) is 0 Å². The quantitative estimate of drug-likeness (QED) is 0.568. The number of methoxy groups -OCH3 is 1. The van der Waals surface area contributed by atoms with Crippen LogP contribution in [0.4, 0.5) is 4.79 Å². The second kappa shape index (κ2) is 8.16. The molecule has 3 unspecified atom stereocenters. The molecule has 0 saturated carbocycles. The maximum absolute atomic E-state index is 12.2. The number of carboxylic acids is 1. The van der Waals surface area contributed by atoms with Crippen LogP contribution in [0.25, 0.3) is 0 Å². The number of urea groups is 1. The van der Waals surface area contributed by atoms with Crippen molar-refractivity contribution in [2.45, 2.75) is 31.1 Å². The highest BCUT2D eigenvalue weighted by Gasteiger charge is 2.34. The number of carbonyl (C=O) groups excluding carboxylic acids is 1. The van der Waals surface area contributed by atoms with Crippen LogP contribution in [-0.2, 0) is 9.53 Å². The highest BCUT2D eigenvalue weighted by molar-refractivity contribution is 5.75. The molecule has 1 heterocycles. The predicted molar refractivity (Wildman–Crippen MR) is 76.1 cm³/mol. The number of aliphatic hydroxyl groups is 1. The van der Waals surface area contributed by atoms with Gasteiger partial charge in [-0.1, -0.05) is 0 Å². The van der Waals surface area contributed by atoms with Crippen molar-refractivity contribution in [1.29, 1.82) is 0 Å². The number of aliphatic carboxylic acids is 1. The molecule has 0 aromatic heterocycles. The van der Waals surface area contributed by atoms with Crippen molar-refractivity contribution < 1.29 is 24.5 Å². The Hall–Kier alpha value is -1.38. The monoisotopic (exact) mass is 303 g/mol. The SMILES string of the molecule is COC(CNC(=O)N1CC(O)CC1CN(C)C)CC(=O)O. The number of β-amino-alcohol motifs (C(OH)–C–C–N with tert-alkyl or cyclic N) is 1. The first-order chi connectivity index (χ1) is 9.83. The summed E-state index contributed by atoms with van der Waals surface area (Å²) in [6, 6.07) is -0.346. The molecule has 1 saturated heterocycles. The van der Waals surface area contributed by atoms with E-state index in [1.165, 1.54) is 7.11 Å². The van der Waals surface area contributed by atoms with Gasteiger partial charge in [0.1, 0.15) is 0 Å². The molecule has 122 valence electrons. The number of hydrogen-bond acceptors (Lipinski definition) is 5. The molecule has 8 nitrogen and oxygen atoms in total. The number of amides is 2. The third-order valence-electron chi connectivity index (χ3n) is 3.45. The highest BCUT2D eigenvalue weighted by Crippen LogP contribution is 2.18. The van der Waals surface area contributed by atoms with Crippen molar-refractivity contribution in [1.82, 2.24) is 15.1 Å². The zero-order valence-electron chi connectivity index (χ0n) is 12.8. The normalized spacial score (nSPS) is 23.4. The second-order valence-electron chi connectivity index (χ2n) is 5.60. The Labute approximate surface area is 124 Å². The average molecular weight is 303 g/mol. The number of carboxylic acid groups (broad SMARTS) is 1. The van der Waals surface area contributed by atoms with Crippen LogP contribution in [0, 0.1) is 0 Å². The molecular weight excluding hydrogens is 278 g/mol. The van der Waals surface area contributed by atoms with E-state index in [1.807, 2.05) is 19.0 Å². The van der Waals surface area contributed by atoms with E-state index < -0.39 is 18.2 Å². The Balaban J connectivity index is 2.50. The van der Waals surface area contributed by atoms with Crippen LogP contribution in [0.5, 0.6) is 0 Å². The number of hydrogen-bond donors (Lipinski definition) is 3. The molecule has 0 aliphatic carbocycles. The number of nitrogens with one attached hydrogen (secondary N) is 1. The van der Waals surface area contributed by atoms with Crippen LogP contribution in [0.1, 0.15) is 12.8 Å². The molecule has 3 N–H and O–H groups in total. The largest absolute Gasteiger partial charge is 0.481 e. The van der Waals surface area contributed by atoms with Crippen molar-refractivity contribution in [3.63, 3.8) is 0 Å².